The van der Waals surface area contributed by atoms with Gasteiger partial charge in [-0.15, -0.1) is 0 Å². The first-order valence-electron chi connectivity index (χ1n) is 8.16. The Morgan fingerprint density at radius 2 is 2.17 bits per heavy atom. The van der Waals surface area contributed by atoms with E-state index in [2.05, 4.69) is 15.4 Å². The van der Waals surface area contributed by atoms with Crippen LogP contribution in [0.25, 0.3) is 5.65 Å². The molecule has 2 aromatic rings. The Bertz CT molecular complexity index is 741. The van der Waals surface area contributed by atoms with E-state index in [0.29, 0.717) is 31.2 Å². The summed E-state index contributed by atoms with van der Waals surface area (Å²) in [6.07, 6.45) is 1.03. The normalized spacial score (nSPS) is 18.5. The molecule has 8 heteroatoms. The average Bonchev–Trinajstić information content (AvgIpc) is 2.74. The van der Waals surface area contributed by atoms with Gasteiger partial charge in [-0.3, -0.25) is 5.32 Å². The zero-order chi connectivity index (χ0) is 17.3. The van der Waals surface area contributed by atoms with Gasteiger partial charge in [-0.2, -0.15) is 9.61 Å². The van der Waals surface area contributed by atoms with Crippen molar-refractivity contribution in [2.45, 2.75) is 26.4 Å². The van der Waals surface area contributed by atoms with E-state index in [1.807, 2.05) is 45.0 Å². The molecule has 0 aliphatic carbocycles. The van der Waals surface area contributed by atoms with Crippen molar-refractivity contribution in [3.8, 4) is 0 Å². The number of hydrogen-bond donors (Lipinski definition) is 1. The minimum absolute atomic E-state index is 0.148. The second-order valence-corrected chi connectivity index (χ2v) is 6.34. The minimum Gasteiger partial charge on any atom is -0.377 e. The molecule has 24 heavy (non-hydrogen) atoms. The number of aromatic nitrogens is 3. The molecule has 1 aliphatic rings. The van der Waals surface area contributed by atoms with Crippen molar-refractivity contribution in [3.63, 3.8) is 0 Å². The van der Waals surface area contributed by atoms with Crippen molar-refractivity contribution in [1.29, 1.82) is 0 Å². The van der Waals surface area contributed by atoms with E-state index in [1.54, 1.807) is 9.42 Å². The van der Waals surface area contributed by atoms with Crippen LogP contribution in [0, 0.1) is 6.92 Å². The standard InChI is InChI=1S/C16H24N6O2/c1-11-9-14-17-13(10-15(20(3)4)22(14)19-11)18-16(23)21-6-5-12(2)24-8-7-21/h9-10,12H,5-8H2,1-4H3,(H,17,18,23). The van der Waals surface area contributed by atoms with Gasteiger partial charge in [0.1, 0.15) is 11.6 Å². The van der Waals surface area contributed by atoms with Crippen LogP contribution >= 0.6 is 0 Å². The molecular weight excluding hydrogens is 308 g/mol. The van der Waals surface area contributed by atoms with E-state index in [0.717, 1.165) is 17.9 Å². The van der Waals surface area contributed by atoms with E-state index in [1.165, 1.54) is 0 Å². The fraction of sp³-hybridized carbons (Fsp3) is 0.562. The maximum absolute atomic E-state index is 12.5. The highest BCUT2D eigenvalue weighted by Gasteiger charge is 2.20. The largest absolute Gasteiger partial charge is 0.377 e. The first-order chi connectivity index (χ1) is 11.4. The van der Waals surface area contributed by atoms with Gasteiger partial charge in [0.2, 0.25) is 0 Å². The molecule has 1 atom stereocenters. The van der Waals surface area contributed by atoms with Gasteiger partial charge in [-0.25, -0.2) is 9.78 Å². The number of amides is 2. The summed E-state index contributed by atoms with van der Waals surface area (Å²) in [5.41, 5.74) is 1.59. The van der Waals surface area contributed by atoms with Gasteiger partial charge in [0.15, 0.2) is 5.65 Å². The molecule has 0 saturated carbocycles. The average molecular weight is 332 g/mol. The lowest BCUT2D eigenvalue weighted by atomic mass is 10.3. The van der Waals surface area contributed by atoms with Gasteiger partial charge >= 0.3 is 6.03 Å². The third kappa shape index (κ3) is 3.43. The molecule has 1 fully saturated rings. The van der Waals surface area contributed by atoms with Crippen LogP contribution < -0.4 is 10.2 Å². The molecule has 0 spiro atoms. The molecule has 130 valence electrons. The topological polar surface area (TPSA) is 75.0 Å². The number of urea groups is 1. The summed E-state index contributed by atoms with van der Waals surface area (Å²) in [7, 11) is 3.87. The van der Waals surface area contributed by atoms with E-state index in [-0.39, 0.29) is 12.1 Å². The number of nitrogens with one attached hydrogen (secondary N) is 1. The molecule has 8 nitrogen and oxygen atoms in total. The van der Waals surface area contributed by atoms with Gasteiger partial charge in [0, 0.05) is 39.3 Å². The van der Waals surface area contributed by atoms with Crippen molar-refractivity contribution in [2.75, 3.05) is 44.0 Å². The highest BCUT2D eigenvalue weighted by molar-refractivity contribution is 5.89. The number of hydrogen-bond acceptors (Lipinski definition) is 5. The summed E-state index contributed by atoms with van der Waals surface area (Å²) in [5, 5.41) is 7.34. The summed E-state index contributed by atoms with van der Waals surface area (Å²) >= 11 is 0. The predicted octanol–water partition coefficient (Wildman–Crippen LogP) is 1.75. The Labute approximate surface area is 141 Å². The molecular formula is C16H24N6O2. The summed E-state index contributed by atoms with van der Waals surface area (Å²) in [5.74, 6) is 1.38. The second-order valence-electron chi connectivity index (χ2n) is 6.34. The molecule has 1 aliphatic heterocycles. The minimum atomic E-state index is -0.148. The van der Waals surface area contributed by atoms with Crippen molar-refractivity contribution in [3.05, 3.63) is 17.8 Å². The van der Waals surface area contributed by atoms with Crippen LogP contribution in [0.2, 0.25) is 0 Å². The number of aryl methyl sites for hydroxylation is 1. The Hall–Kier alpha value is -2.35. The molecule has 2 amide bonds. The zero-order valence-corrected chi connectivity index (χ0v) is 14.6. The summed E-state index contributed by atoms with van der Waals surface area (Å²) in [4.78, 5) is 20.7. The van der Waals surface area contributed by atoms with Gasteiger partial charge < -0.3 is 14.5 Å². The van der Waals surface area contributed by atoms with Gasteiger partial charge in [0.05, 0.1) is 18.4 Å². The van der Waals surface area contributed by atoms with Crippen molar-refractivity contribution in [1.82, 2.24) is 19.5 Å². The van der Waals surface area contributed by atoms with Crippen LogP contribution in [0.15, 0.2) is 12.1 Å². The van der Waals surface area contributed by atoms with Crippen LogP contribution in [0.3, 0.4) is 0 Å². The van der Waals surface area contributed by atoms with Crippen LogP contribution in [0.4, 0.5) is 16.4 Å². The van der Waals surface area contributed by atoms with Crippen molar-refractivity contribution in [2.24, 2.45) is 0 Å². The molecule has 0 aromatic carbocycles. The Morgan fingerprint density at radius 3 is 2.92 bits per heavy atom. The molecule has 3 rings (SSSR count). The highest BCUT2D eigenvalue weighted by atomic mass is 16.5. The molecule has 1 saturated heterocycles. The van der Waals surface area contributed by atoms with E-state index in [4.69, 9.17) is 4.74 Å². The number of carbonyl (C=O) groups is 1. The summed E-state index contributed by atoms with van der Waals surface area (Å²) in [6.45, 7) is 5.78. The van der Waals surface area contributed by atoms with Crippen LogP contribution in [0.5, 0.6) is 0 Å². The van der Waals surface area contributed by atoms with E-state index in [9.17, 15) is 4.79 Å². The number of ether oxygens (including phenoxy) is 1. The van der Waals surface area contributed by atoms with Gasteiger partial charge in [0.25, 0.3) is 0 Å². The number of nitrogens with zero attached hydrogens (tertiary/aromatic N) is 5. The molecule has 1 unspecified atom stereocenters. The summed E-state index contributed by atoms with van der Waals surface area (Å²) in [6, 6.07) is 3.57. The Balaban J connectivity index is 1.82. The van der Waals surface area contributed by atoms with Gasteiger partial charge in [-0.1, -0.05) is 0 Å². The third-order valence-corrected chi connectivity index (χ3v) is 4.08. The molecule has 0 bridgehead atoms. The number of carbonyl (C=O) groups excluding carboxylic acids is 1. The van der Waals surface area contributed by atoms with Gasteiger partial charge in [-0.05, 0) is 20.3 Å². The lowest BCUT2D eigenvalue weighted by Gasteiger charge is -2.21. The van der Waals surface area contributed by atoms with E-state index < -0.39 is 0 Å². The number of fused-ring (bicyclic) bond motifs is 1. The lowest BCUT2D eigenvalue weighted by molar-refractivity contribution is 0.0761. The predicted molar refractivity (Wildman–Crippen MR) is 92.7 cm³/mol. The van der Waals surface area contributed by atoms with Crippen LogP contribution in [0.1, 0.15) is 19.0 Å². The fourth-order valence-electron chi connectivity index (χ4n) is 2.74. The third-order valence-electron chi connectivity index (χ3n) is 4.08. The number of anilines is 2. The Morgan fingerprint density at radius 1 is 1.38 bits per heavy atom. The second kappa shape index (κ2) is 6.64. The first-order valence-corrected chi connectivity index (χ1v) is 8.16. The molecule has 3 heterocycles. The first kappa shape index (κ1) is 16.5. The quantitative estimate of drug-likeness (QED) is 0.907. The van der Waals surface area contributed by atoms with Crippen molar-refractivity contribution < 1.29 is 9.53 Å². The summed E-state index contributed by atoms with van der Waals surface area (Å²) < 4.78 is 7.36. The van der Waals surface area contributed by atoms with Crippen LogP contribution in [-0.4, -0.2) is 65.4 Å². The molecule has 0 radical (unpaired) electrons. The SMILES string of the molecule is Cc1cc2nc(NC(=O)N3CCOC(C)CC3)cc(N(C)C)n2n1. The maximum atomic E-state index is 12.5. The number of rotatable bonds is 2. The monoisotopic (exact) mass is 332 g/mol. The molecule has 2 aromatic heterocycles. The zero-order valence-electron chi connectivity index (χ0n) is 14.6. The lowest BCUT2D eigenvalue weighted by Crippen LogP contribution is -2.37. The molecule has 1 N–H and O–H groups in total. The highest BCUT2D eigenvalue weighted by Crippen LogP contribution is 2.19. The van der Waals surface area contributed by atoms with Crippen LogP contribution in [-0.2, 0) is 4.74 Å². The Kier molecular flexibility index (Phi) is 4.57. The van der Waals surface area contributed by atoms with Crippen molar-refractivity contribution >= 4 is 23.3 Å². The smallest absolute Gasteiger partial charge is 0.323 e. The fourth-order valence-corrected chi connectivity index (χ4v) is 2.74. The maximum Gasteiger partial charge on any atom is 0.323 e. The van der Waals surface area contributed by atoms with E-state index >= 15 is 0 Å².